The minimum absolute atomic E-state index is 0.113. The summed E-state index contributed by atoms with van der Waals surface area (Å²) in [5.41, 5.74) is 0.972. The van der Waals surface area contributed by atoms with E-state index < -0.39 is 9.84 Å². The van der Waals surface area contributed by atoms with Crippen LogP contribution in [0.25, 0.3) is 0 Å². The first-order valence-electron chi connectivity index (χ1n) is 5.19. The predicted molar refractivity (Wildman–Crippen MR) is 65.4 cm³/mol. The molecule has 1 aromatic carbocycles. The molecular weight excluding hydrogens is 246 g/mol. The fourth-order valence-electron chi connectivity index (χ4n) is 1.80. The van der Waals surface area contributed by atoms with Crippen molar-refractivity contribution in [2.45, 2.75) is 18.2 Å². The van der Waals surface area contributed by atoms with Gasteiger partial charge in [-0.1, -0.05) is 23.7 Å². The van der Waals surface area contributed by atoms with Crippen molar-refractivity contribution in [2.75, 3.05) is 12.3 Å². The predicted octanol–water partition coefficient (Wildman–Crippen LogP) is 1.79. The summed E-state index contributed by atoms with van der Waals surface area (Å²) in [7, 11) is -2.96. The molecule has 0 amide bonds. The zero-order valence-corrected chi connectivity index (χ0v) is 10.6. The zero-order valence-electron chi connectivity index (χ0n) is 8.98. The van der Waals surface area contributed by atoms with Crippen molar-refractivity contribution in [1.29, 1.82) is 0 Å². The third-order valence-corrected chi connectivity index (χ3v) is 5.38. The smallest absolute Gasteiger partial charge is 0.156 e. The van der Waals surface area contributed by atoms with Crippen molar-refractivity contribution in [3.63, 3.8) is 0 Å². The fourth-order valence-corrected chi connectivity index (χ4v) is 3.38. The maximum Gasteiger partial charge on any atom is 0.156 e. The molecule has 1 aromatic rings. The number of halogens is 1. The Balaban J connectivity index is 2.21. The average Bonchev–Trinajstić information content (AvgIpc) is 2.23. The van der Waals surface area contributed by atoms with Gasteiger partial charge in [-0.25, -0.2) is 8.42 Å². The SMILES string of the molecule is CC1CNC(c2ccc(Cl)cc2)CS1(=O)=O. The van der Waals surface area contributed by atoms with Gasteiger partial charge < -0.3 is 5.32 Å². The van der Waals surface area contributed by atoms with Gasteiger partial charge in [-0.15, -0.1) is 0 Å². The van der Waals surface area contributed by atoms with Crippen LogP contribution >= 0.6 is 11.6 Å². The molecule has 2 rings (SSSR count). The second-order valence-corrected chi connectivity index (χ2v) is 7.05. The highest BCUT2D eigenvalue weighted by atomic mass is 35.5. The lowest BCUT2D eigenvalue weighted by Crippen LogP contribution is -2.44. The highest BCUT2D eigenvalue weighted by Crippen LogP contribution is 2.22. The molecule has 88 valence electrons. The molecule has 1 heterocycles. The third kappa shape index (κ3) is 2.39. The van der Waals surface area contributed by atoms with Crippen LogP contribution in [0.15, 0.2) is 24.3 Å². The van der Waals surface area contributed by atoms with Gasteiger partial charge in [0.1, 0.15) is 0 Å². The maximum atomic E-state index is 11.8. The van der Waals surface area contributed by atoms with E-state index in [0.29, 0.717) is 11.6 Å². The molecule has 16 heavy (non-hydrogen) atoms. The molecule has 5 heteroatoms. The number of hydrogen-bond acceptors (Lipinski definition) is 3. The number of benzene rings is 1. The van der Waals surface area contributed by atoms with Crippen LogP contribution in [0.5, 0.6) is 0 Å². The van der Waals surface area contributed by atoms with Gasteiger partial charge in [0.2, 0.25) is 0 Å². The van der Waals surface area contributed by atoms with Gasteiger partial charge in [-0.3, -0.25) is 0 Å². The van der Waals surface area contributed by atoms with E-state index in [9.17, 15) is 8.42 Å². The van der Waals surface area contributed by atoms with E-state index in [0.717, 1.165) is 5.56 Å². The summed E-state index contributed by atoms with van der Waals surface area (Å²) in [6.45, 7) is 2.25. The molecule has 3 nitrogen and oxygen atoms in total. The molecule has 0 spiro atoms. The normalized spacial score (nSPS) is 28.9. The molecule has 0 bridgehead atoms. The van der Waals surface area contributed by atoms with E-state index in [1.54, 1.807) is 19.1 Å². The second kappa shape index (κ2) is 4.35. The zero-order chi connectivity index (χ0) is 11.8. The van der Waals surface area contributed by atoms with Crippen molar-refractivity contribution in [2.24, 2.45) is 0 Å². The quantitative estimate of drug-likeness (QED) is 0.836. The molecule has 1 aliphatic heterocycles. The van der Waals surface area contributed by atoms with Crippen molar-refractivity contribution >= 4 is 21.4 Å². The number of nitrogens with one attached hydrogen (secondary N) is 1. The van der Waals surface area contributed by atoms with Crippen molar-refractivity contribution in [3.05, 3.63) is 34.9 Å². The summed E-state index contributed by atoms with van der Waals surface area (Å²) < 4.78 is 23.5. The first-order chi connectivity index (χ1) is 7.49. The summed E-state index contributed by atoms with van der Waals surface area (Å²) in [5, 5.41) is 3.61. The van der Waals surface area contributed by atoms with Crippen LogP contribution in [0, 0.1) is 0 Å². The Bertz CT molecular complexity index is 469. The topological polar surface area (TPSA) is 46.2 Å². The molecule has 0 aromatic heterocycles. The molecule has 2 unspecified atom stereocenters. The lowest BCUT2D eigenvalue weighted by atomic mass is 10.1. The Morgan fingerprint density at radius 3 is 2.50 bits per heavy atom. The van der Waals surface area contributed by atoms with Crippen LogP contribution in [0.2, 0.25) is 5.02 Å². The van der Waals surface area contributed by atoms with E-state index in [4.69, 9.17) is 11.6 Å². The molecule has 2 atom stereocenters. The minimum atomic E-state index is -2.96. The van der Waals surface area contributed by atoms with E-state index >= 15 is 0 Å². The standard InChI is InChI=1S/C11H14ClNO2S/c1-8-6-13-11(7-16(8,14)15)9-2-4-10(12)5-3-9/h2-5,8,11,13H,6-7H2,1H3. The largest absolute Gasteiger partial charge is 0.308 e. The summed E-state index contributed by atoms with van der Waals surface area (Å²) in [6.07, 6.45) is 0. The van der Waals surface area contributed by atoms with Crippen molar-refractivity contribution in [3.8, 4) is 0 Å². The maximum absolute atomic E-state index is 11.8. The van der Waals surface area contributed by atoms with E-state index in [1.165, 1.54) is 0 Å². The minimum Gasteiger partial charge on any atom is -0.308 e. The summed E-state index contributed by atoms with van der Waals surface area (Å²) >= 11 is 5.79. The number of rotatable bonds is 1. The molecule has 1 saturated heterocycles. The average molecular weight is 260 g/mol. The van der Waals surface area contributed by atoms with Gasteiger partial charge in [0.15, 0.2) is 9.84 Å². The third-order valence-electron chi connectivity index (χ3n) is 2.94. The Morgan fingerprint density at radius 2 is 1.94 bits per heavy atom. The lowest BCUT2D eigenvalue weighted by Gasteiger charge is -2.28. The van der Waals surface area contributed by atoms with Gasteiger partial charge >= 0.3 is 0 Å². The van der Waals surface area contributed by atoms with Crippen molar-refractivity contribution < 1.29 is 8.42 Å². The highest BCUT2D eigenvalue weighted by Gasteiger charge is 2.31. The van der Waals surface area contributed by atoms with Crippen molar-refractivity contribution in [1.82, 2.24) is 5.32 Å². The number of hydrogen-bond donors (Lipinski definition) is 1. The van der Waals surface area contributed by atoms with Gasteiger partial charge in [-0.05, 0) is 24.6 Å². The Labute approximate surface area is 101 Å². The first-order valence-corrected chi connectivity index (χ1v) is 7.29. The molecule has 1 fully saturated rings. The van der Waals surface area contributed by atoms with Gasteiger partial charge in [0.05, 0.1) is 11.0 Å². The molecule has 1 N–H and O–H groups in total. The first kappa shape index (κ1) is 11.9. The van der Waals surface area contributed by atoms with Crippen LogP contribution in [0.3, 0.4) is 0 Å². The molecular formula is C11H14ClNO2S. The Kier molecular flexibility index (Phi) is 3.24. The molecule has 0 radical (unpaired) electrons. The fraction of sp³-hybridized carbons (Fsp3) is 0.455. The van der Waals surface area contributed by atoms with Gasteiger partial charge in [0, 0.05) is 17.6 Å². The highest BCUT2D eigenvalue weighted by molar-refractivity contribution is 7.92. The summed E-state index contributed by atoms with van der Waals surface area (Å²) in [4.78, 5) is 0. The summed E-state index contributed by atoms with van der Waals surface area (Å²) in [5.74, 6) is 0.162. The molecule has 1 aliphatic rings. The monoisotopic (exact) mass is 259 g/mol. The van der Waals surface area contributed by atoms with Gasteiger partial charge in [-0.2, -0.15) is 0 Å². The van der Waals surface area contributed by atoms with E-state index in [2.05, 4.69) is 5.32 Å². The van der Waals surface area contributed by atoms with Gasteiger partial charge in [0.25, 0.3) is 0 Å². The second-order valence-electron chi connectivity index (χ2n) is 4.15. The van der Waals surface area contributed by atoms with Crippen LogP contribution in [-0.2, 0) is 9.84 Å². The Morgan fingerprint density at radius 1 is 1.31 bits per heavy atom. The summed E-state index contributed by atoms with van der Waals surface area (Å²) in [6, 6.07) is 7.18. The van der Waals surface area contributed by atoms with Crippen LogP contribution in [-0.4, -0.2) is 26.0 Å². The molecule has 0 saturated carbocycles. The van der Waals surface area contributed by atoms with Crippen LogP contribution in [0.1, 0.15) is 18.5 Å². The van der Waals surface area contributed by atoms with E-state index in [1.807, 2.05) is 12.1 Å². The van der Waals surface area contributed by atoms with Crippen LogP contribution in [0.4, 0.5) is 0 Å². The lowest BCUT2D eigenvalue weighted by molar-refractivity contribution is 0.502. The van der Waals surface area contributed by atoms with E-state index in [-0.39, 0.29) is 17.0 Å². The Hall–Kier alpha value is -0.580. The molecule has 0 aliphatic carbocycles. The van der Waals surface area contributed by atoms with Crippen LogP contribution < -0.4 is 5.32 Å². The number of sulfone groups is 1.